The Balaban J connectivity index is 1.36. The third-order valence-corrected chi connectivity index (χ3v) is 5.51. The SMILES string of the molecule is O=C(CCn1c2ccccc2c2nc3ccccc3nc21)NCc1ccc(C(=O)O)cc1. The molecule has 158 valence electrons. The maximum absolute atomic E-state index is 12.5. The van der Waals surface area contributed by atoms with Crippen molar-refractivity contribution in [2.45, 2.75) is 19.5 Å². The Morgan fingerprint density at radius 3 is 2.31 bits per heavy atom. The normalized spacial score (nSPS) is 11.2. The largest absolute Gasteiger partial charge is 0.478 e. The zero-order valence-corrected chi connectivity index (χ0v) is 17.2. The number of aromatic nitrogens is 3. The van der Waals surface area contributed by atoms with Gasteiger partial charge in [-0.15, -0.1) is 0 Å². The number of nitrogens with one attached hydrogen (secondary N) is 1. The summed E-state index contributed by atoms with van der Waals surface area (Å²) in [4.78, 5) is 33.1. The number of benzene rings is 3. The van der Waals surface area contributed by atoms with Crippen LogP contribution in [0.15, 0.2) is 72.8 Å². The van der Waals surface area contributed by atoms with Crippen LogP contribution in [-0.2, 0) is 17.9 Å². The number of aryl methyl sites for hydroxylation is 1. The molecule has 7 nitrogen and oxygen atoms in total. The molecule has 0 atom stereocenters. The third-order valence-electron chi connectivity index (χ3n) is 5.51. The third kappa shape index (κ3) is 3.65. The van der Waals surface area contributed by atoms with Gasteiger partial charge >= 0.3 is 5.97 Å². The minimum atomic E-state index is -0.970. The number of carbonyl (C=O) groups is 2. The van der Waals surface area contributed by atoms with Gasteiger partial charge in [0.2, 0.25) is 5.91 Å². The Kier molecular flexibility index (Phi) is 4.99. The van der Waals surface area contributed by atoms with Crippen LogP contribution >= 0.6 is 0 Å². The molecule has 0 bridgehead atoms. The van der Waals surface area contributed by atoms with E-state index in [1.54, 1.807) is 12.1 Å². The molecule has 1 amide bonds. The number of carbonyl (C=O) groups excluding carboxylic acids is 1. The van der Waals surface area contributed by atoms with E-state index in [9.17, 15) is 9.59 Å². The lowest BCUT2D eigenvalue weighted by molar-refractivity contribution is -0.121. The molecule has 2 heterocycles. The first kappa shape index (κ1) is 19.7. The summed E-state index contributed by atoms with van der Waals surface area (Å²) in [5, 5.41) is 12.9. The molecule has 2 N–H and O–H groups in total. The van der Waals surface area contributed by atoms with E-state index in [1.807, 2.05) is 53.1 Å². The van der Waals surface area contributed by atoms with Crippen LogP contribution in [0.3, 0.4) is 0 Å². The minimum absolute atomic E-state index is 0.0907. The van der Waals surface area contributed by atoms with Crippen molar-refractivity contribution in [3.05, 3.63) is 83.9 Å². The van der Waals surface area contributed by atoms with E-state index in [4.69, 9.17) is 15.1 Å². The molecule has 0 aliphatic heterocycles. The Morgan fingerprint density at radius 2 is 1.56 bits per heavy atom. The molecule has 5 aromatic rings. The number of carboxylic acid groups (broad SMARTS) is 1. The lowest BCUT2D eigenvalue weighted by Crippen LogP contribution is -2.24. The van der Waals surface area contributed by atoms with Crippen LogP contribution in [0.2, 0.25) is 0 Å². The quantitative estimate of drug-likeness (QED) is 0.427. The Morgan fingerprint density at radius 1 is 0.875 bits per heavy atom. The highest BCUT2D eigenvalue weighted by Crippen LogP contribution is 2.28. The van der Waals surface area contributed by atoms with Gasteiger partial charge in [-0.2, -0.15) is 0 Å². The summed E-state index contributed by atoms with van der Waals surface area (Å²) in [5.74, 6) is -1.06. The monoisotopic (exact) mass is 424 g/mol. The number of hydrogen-bond donors (Lipinski definition) is 2. The summed E-state index contributed by atoms with van der Waals surface area (Å²) in [6.45, 7) is 0.817. The highest BCUT2D eigenvalue weighted by atomic mass is 16.4. The van der Waals surface area contributed by atoms with Gasteiger partial charge in [0.15, 0.2) is 5.65 Å². The number of para-hydroxylation sites is 3. The maximum Gasteiger partial charge on any atom is 0.335 e. The topological polar surface area (TPSA) is 97.1 Å². The van der Waals surface area contributed by atoms with Gasteiger partial charge in [-0.3, -0.25) is 4.79 Å². The van der Waals surface area contributed by atoms with Gasteiger partial charge in [0, 0.05) is 24.9 Å². The van der Waals surface area contributed by atoms with Gasteiger partial charge < -0.3 is 15.0 Å². The van der Waals surface area contributed by atoms with Crippen molar-refractivity contribution in [3.8, 4) is 0 Å². The van der Waals surface area contributed by atoms with E-state index >= 15 is 0 Å². The van der Waals surface area contributed by atoms with Crippen molar-refractivity contribution in [1.82, 2.24) is 19.9 Å². The molecule has 0 spiro atoms. The smallest absolute Gasteiger partial charge is 0.335 e. The fourth-order valence-electron chi connectivity index (χ4n) is 3.88. The van der Waals surface area contributed by atoms with E-state index in [2.05, 4.69) is 5.32 Å². The van der Waals surface area contributed by atoms with Gasteiger partial charge in [0.1, 0.15) is 5.52 Å². The summed E-state index contributed by atoms with van der Waals surface area (Å²) in [7, 11) is 0. The van der Waals surface area contributed by atoms with Gasteiger partial charge in [0.25, 0.3) is 0 Å². The molecule has 0 saturated heterocycles. The molecule has 2 aromatic heterocycles. The van der Waals surface area contributed by atoms with Crippen LogP contribution in [0, 0.1) is 0 Å². The number of carboxylic acids is 1. The highest BCUT2D eigenvalue weighted by Gasteiger charge is 2.15. The van der Waals surface area contributed by atoms with Gasteiger partial charge in [0.05, 0.1) is 22.1 Å². The molecular weight excluding hydrogens is 404 g/mol. The van der Waals surface area contributed by atoms with Crippen molar-refractivity contribution in [2.75, 3.05) is 0 Å². The summed E-state index contributed by atoms with van der Waals surface area (Å²) >= 11 is 0. The predicted octanol–water partition coefficient (Wildman–Crippen LogP) is 4.14. The Hall–Kier alpha value is -4.26. The number of amides is 1. The minimum Gasteiger partial charge on any atom is -0.478 e. The molecule has 0 aliphatic rings. The number of hydrogen-bond acceptors (Lipinski definition) is 4. The molecule has 0 fully saturated rings. The van der Waals surface area contributed by atoms with Crippen LogP contribution in [0.25, 0.3) is 33.1 Å². The Labute approximate surface area is 183 Å². The van der Waals surface area contributed by atoms with Crippen LogP contribution in [-0.4, -0.2) is 31.5 Å². The van der Waals surface area contributed by atoms with Crippen molar-refractivity contribution in [2.24, 2.45) is 0 Å². The van der Waals surface area contributed by atoms with Crippen LogP contribution in [0.1, 0.15) is 22.3 Å². The number of fused-ring (bicyclic) bond motifs is 4. The predicted molar refractivity (Wildman–Crippen MR) is 122 cm³/mol. The molecule has 7 heteroatoms. The van der Waals surface area contributed by atoms with E-state index in [0.717, 1.165) is 38.7 Å². The fraction of sp³-hybridized carbons (Fsp3) is 0.120. The summed E-state index contributed by atoms with van der Waals surface area (Å²) in [6.07, 6.45) is 0.287. The summed E-state index contributed by atoms with van der Waals surface area (Å²) < 4.78 is 2.05. The molecule has 5 rings (SSSR count). The Bertz CT molecular complexity index is 1470. The summed E-state index contributed by atoms with van der Waals surface area (Å²) in [6, 6.07) is 22.2. The molecule has 0 radical (unpaired) electrons. The molecule has 0 aliphatic carbocycles. The molecule has 32 heavy (non-hydrogen) atoms. The fourth-order valence-corrected chi connectivity index (χ4v) is 3.88. The van der Waals surface area contributed by atoms with Crippen molar-refractivity contribution < 1.29 is 14.7 Å². The number of aromatic carboxylic acids is 1. The molecular formula is C25H20N4O3. The number of nitrogens with zero attached hydrogens (tertiary/aromatic N) is 3. The second-order valence-electron chi connectivity index (χ2n) is 7.58. The van der Waals surface area contributed by atoms with Crippen molar-refractivity contribution in [3.63, 3.8) is 0 Å². The van der Waals surface area contributed by atoms with Gasteiger partial charge in [-0.1, -0.05) is 42.5 Å². The lowest BCUT2D eigenvalue weighted by Gasteiger charge is -2.09. The summed E-state index contributed by atoms with van der Waals surface area (Å²) in [5.41, 5.74) is 5.32. The van der Waals surface area contributed by atoms with Gasteiger partial charge in [-0.25, -0.2) is 14.8 Å². The van der Waals surface area contributed by atoms with Crippen LogP contribution in [0.5, 0.6) is 0 Å². The zero-order valence-electron chi connectivity index (χ0n) is 17.2. The first-order valence-electron chi connectivity index (χ1n) is 10.3. The van der Waals surface area contributed by atoms with E-state index in [0.29, 0.717) is 13.1 Å². The molecule has 3 aromatic carbocycles. The average Bonchev–Trinajstić information content (AvgIpc) is 3.12. The molecule has 0 unspecified atom stereocenters. The standard InChI is InChI=1S/C25H20N4O3/c30-22(26-15-16-9-11-17(12-10-16)25(31)32)13-14-29-21-8-4-1-5-18(21)23-24(29)28-20-7-3-2-6-19(20)27-23/h1-12H,13-15H2,(H,26,30)(H,31,32). The maximum atomic E-state index is 12.5. The van der Waals surface area contributed by atoms with E-state index in [1.165, 1.54) is 12.1 Å². The van der Waals surface area contributed by atoms with E-state index < -0.39 is 5.97 Å². The van der Waals surface area contributed by atoms with E-state index in [-0.39, 0.29) is 17.9 Å². The second-order valence-corrected chi connectivity index (χ2v) is 7.58. The lowest BCUT2D eigenvalue weighted by atomic mass is 10.1. The number of rotatable bonds is 6. The van der Waals surface area contributed by atoms with Crippen molar-refractivity contribution in [1.29, 1.82) is 0 Å². The highest BCUT2D eigenvalue weighted by molar-refractivity contribution is 6.06. The van der Waals surface area contributed by atoms with Gasteiger partial charge in [-0.05, 0) is 35.9 Å². The molecule has 0 saturated carbocycles. The van der Waals surface area contributed by atoms with Crippen molar-refractivity contribution >= 4 is 45.0 Å². The second kappa shape index (κ2) is 8.11. The average molecular weight is 424 g/mol. The van der Waals surface area contributed by atoms with Crippen LogP contribution in [0.4, 0.5) is 0 Å². The zero-order chi connectivity index (χ0) is 22.1. The first-order chi connectivity index (χ1) is 15.6. The first-order valence-corrected chi connectivity index (χ1v) is 10.3. The van der Waals surface area contributed by atoms with Crippen LogP contribution < -0.4 is 5.32 Å².